The van der Waals surface area contributed by atoms with Crippen molar-refractivity contribution in [2.24, 2.45) is 0 Å². The SMILES string of the molecule is CC(=O)c1ccnn1CC(C)F. The molecule has 1 rings (SSSR count). The highest BCUT2D eigenvalue weighted by atomic mass is 19.1. The second-order valence-corrected chi connectivity index (χ2v) is 2.74. The van der Waals surface area contributed by atoms with Crippen LogP contribution in [0.5, 0.6) is 0 Å². The van der Waals surface area contributed by atoms with Crippen molar-refractivity contribution in [2.75, 3.05) is 0 Å². The van der Waals surface area contributed by atoms with E-state index in [4.69, 9.17) is 0 Å². The lowest BCUT2D eigenvalue weighted by molar-refractivity contribution is 0.100. The van der Waals surface area contributed by atoms with E-state index in [0.29, 0.717) is 5.69 Å². The number of nitrogens with zero attached hydrogens (tertiary/aromatic N) is 2. The van der Waals surface area contributed by atoms with Crippen LogP contribution in [0.2, 0.25) is 0 Å². The smallest absolute Gasteiger partial charge is 0.177 e. The summed E-state index contributed by atoms with van der Waals surface area (Å²) >= 11 is 0. The highest BCUT2D eigenvalue weighted by Gasteiger charge is 2.08. The van der Waals surface area contributed by atoms with Crippen LogP contribution in [0.3, 0.4) is 0 Å². The Morgan fingerprint density at radius 1 is 1.83 bits per heavy atom. The number of rotatable bonds is 3. The van der Waals surface area contributed by atoms with Crippen molar-refractivity contribution in [1.29, 1.82) is 0 Å². The molecule has 0 amide bonds. The molecule has 0 aliphatic heterocycles. The maximum Gasteiger partial charge on any atom is 0.177 e. The summed E-state index contributed by atoms with van der Waals surface area (Å²) in [5.41, 5.74) is 0.458. The fourth-order valence-electron chi connectivity index (χ4n) is 1.02. The second kappa shape index (κ2) is 3.47. The van der Waals surface area contributed by atoms with E-state index in [0.717, 1.165) is 0 Å². The minimum absolute atomic E-state index is 0.0897. The number of carbonyl (C=O) groups excluding carboxylic acids is 1. The zero-order valence-corrected chi connectivity index (χ0v) is 7.12. The van der Waals surface area contributed by atoms with E-state index in [-0.39, 0.29) is 12.3 Å². The van der Waals surface area contributed by atoms with Crippen molar-refractivity contribution >= 4 is 5.78 Å². The van der Waals surface area contributed by atoms with Gasteiger partial charge in [-0.15, -0.1) is 0 Å². The van der Waals surface area contributed by atoms with E-state index >= 15 is 0 Å². The summed E-state index contributed by atoms with van der Waals surface area (Å²) in [4.78, 5) is 10.9. The molecule has 0 aromatic carbocycles. The molecule has 1 atom stereocenters. The number of hydrogen-bond acceptors (Lipinski definition) is 2. The quantitative estimate of drug-likeness (QED) is 0.643. The van der Waals surface area contributed by atoms with Crippen LogP contribution in [0.4, 0.5) is 4.39 Å². The predicted molar refractivity (Wildman–Crippen MR) is 42.8 cm³/mol. The third kappa shape index (κ3) is 1.90. The van der Waals surface area contributed by atoms with Crippen molar-refractivity contribution in [3.05, 3.63) is 18.0 Å². The van der Waals surface area contributed by atoms with Crippen LogP contribution in [-0.4, -0.2) is 21.7 Å². The van der Waals surface area contributed by atoms with Crippen molar-refractivity contribution < 1.29 is 9.18 Å². The molecule has 66 valence electrons. The molecule has 1 aromatic heterocycles. The Kier molecular flexibility index (Phi) is 2.58. The van der Waals surface area contributed by atoms with Gasteiger partial charge < -0.3 is 0 Å². The number of carbonyl (C=O) groups is 1. The van der Waals surface area contributed by atoms with E-state index in [1.54, 1.807) is 6.07 Å². The molecule has 0 spiro atoms. The first-order valence-electron chi connectivity index (χ1n) is 3.78. The number of aromatic nitrogens is 2. The summed E-state index contributed by atoms with van der Waals surface area (Å²) in [6.07, 6.45) is 0.516. The lowest BCUT2D eigenvalue weighted by atomic mass is 10.3. The molecule has 0 fully saturated rings. The van der Waals surface area contributed by atoms with Gasteiger partial charge in [-0.05, 0) is 13.0 Å². The van der Waals surface area contributed by atoms with E-state index in [2.05, 4.69) is 5.10 Å². The number of halogens is 1. The van der Waals surface area contributed by atoms with E-state index in [9.17, 15) is 9.18 Å². The summed E-state index contributed by atoms with van der Waals surface area (Å²) in [7, 11) is 0. The number of hydrogen-bond donors (Lipinski definition) is 0. The van der Waals surface area contributed by atoms with Gasteiger partial charge in [0.2, 0.25) is 0 Å². The Morgan fingerprint density at radius 3 is 3.00 bits per heavy atom. The van der Waals surface area contributed by atoms with Gasteiger partial charge in [-0.3, -0.25) is 9.48 Å². The monoisotopic (exact) mass is 170 g/mol. The highest BCUT2D eigenvalue weighted by Crippen LogP contribution is 2.02. The molecule has 0 saturated heterocycles. The first kappa shape index (κ1) is 8.90. The molecule has 1 unspecified atom stereocenters. The van der Waals surface area contributed by atoms with E-state index in [1.807, 2.05) is 0 Å². The number of Topliss-reactive ketones (excluding diaryl/α,β-unsaturated/α-hetero) is 1. The van der Waals surface area contributed by atoms with Crippen molar-refractivity contribution in [2.45, 2.75) is 26.6 Å². The molecule has 0 radical (unpaired) electrons. The van der Waals surface area contributed by atoms with Gasteiger partial charge in [-0.25, -0.2) is 4.39 Å². The van der Waals surface area contributed by atoms with Gasteiger partial charge in [0.25, 0.3) is 0 Å². The van der Waals surface area contributed by atoms with Crippen LogP contribution in [-0.2, 0) is 6.54 Å². The van der Waals surface area contributed by atoms with Crippen molar-refractivity contribution in [1.82, 2.24) is 9.78 Å². The molecule has 1 heterocycles. The standard InChI is InChI=1S/C8H11FN2O/c1-6(9)5-11-8(7(2)12)3-4-10-11/h3-4,6H,5H2,1-2H3. The highest BCUT2D eigenvalue weighted by molar-refractivity contribution is 5.92. The van der Waals surface area contributed by atoms with Crippen LogP contribution in [0.25, 0.3) is 0 Å². The molecule has 0 N–H and O–H groups in total. The maximum absolute atomic E-state index is 12.5. The Hall–Kier alpha value is -1.19. The predicted octanol–water partition coefficient (Wildman–Crippen LogP) is 1.44. The van der Waals surface area contributed by atoms with Crippen LogP contribution < -0.4 is 0 Å². The van der Waals surface area contributed by atoms with Gasteiger partial charge in [0.15, 0.2) is 5.78 Å². The summed E-state index contributed by atoms with van der Waals surface area (Å²) in [6, 6.07) is 1.59. The van der Waals surface area contributed by atoms with Gasteiger partial charge >= 0.3 is 0 Å². The van der Waals surface area contributed by atoms with Gasteiger partial charge in [0.05, 0.1) is 6.54 Å². The van der Waals surface area contributed by atoms with E-state index < -0.39 is 6.17 Å². The average Bonchev–Trinajstić information content (AvgIpc) is 2.33. The van der Waals surface area contributed by atoms with Gasteiger partial charge in [0.1, 0.15) is 11.9 Å². The van der Waals surface area contributed by atoms with Gasteiger partial charge in [0, 0.05) is 13.1 Å². The Balaban J connectivity index is 2.84. The second-order valence-electron chi connectivity index (χ2n) is 2.74. The Bertz CT molecular complexity index is 280. The molecule has 0 aliphatic rings. The fourth-order valence-corrected chi connectivity index (χ4v) is 1.02. The summed E-state index contributed by atoms with van der Waals surface area (Å²) in [5.74, 6) is -0.0897. The third-order valence-electron chi connectivity index (χ3n) is 1.50. The molecule has 1 aromatic rings. The topological polar surface area (TPSA) is 34.9 Å². The summed E-state index contributed by atoms with van der Waals surface area (Å²) in [6.45, 7) is 3.02. The van der Waals surface area contributed by atoms with Crippen LogP contribution in [0, 0.1) is 0 Å². The van der Waals surface area contributed by atoms with Crippen LogP contribution in [0.15, 0.2) is 12.3 Å². The van der Waals surface area contributed by atoms with Crippen molar-refractivity contribution in [3.63, 3.8) is 0 Å². The number of alkyl halides is 1. The lowest BCUT2D eigenvalue weighted by Crippen LogP contribution is -2.14. The minimum atomic E-state index is -0.983. The van der Waals surface area contributed by atoms with Crippen LogP contribution in [0.1, 0.15) is 24.3 Å². The van der Waals surface area contributed by atoms with E-state index in [1.165, 1.54) is 24.7 Å². The van der Waals surface area contributed by atoms with Gasteiger partial charge in [-0.2, -0.15) is 5.10 Å². The number of ketones is 1. The maximum atomic E-state index is 12.5. The normalized spacial score (nSPS) is 12.9. The molecule has 12 heavy (non-hydrogen) atoms. The molecule has 0 saturated carbocycles. The zero-order chi connectivity index (χ0) is 9.14. The average molecular weight is 170 g/mol. The van der Waals surface area contributed by atoms with Crippen LogP contribution >= 0.6 is 0 Å². The molecular formula is C8H11FN2O. The molecule has 0 bridgehead atoms. The molecule has 4 heteroatoms. The third-order valence-corrected chi connectivity index (χ3v) is 1.50. The molecule has 3 nitrogen and oxygen atoms in total. The largest absolute Gasteiger partial charge is 0.293 e. The molecule has 0 aliphatic carbocycles. The summed E-state index contributed by atoms with van der Waals surface area (Å²) < 4.78 is 13.9. The zero-order valence-electron chi connectivity index (χ0n) is 7.12. The minimum Gasteiger partial charge on any atom is -0.293 e. The van der Waals surface area contributed by atoms with Gasteiger partial charge in [-0.1, -0.05) is 0 Å². The summed E-state index contributed by atoms with van der Waals surface area (Å²) in [5, 5.41) is 3.83. The Labute approximate surface area is 70.2 Å². The Morgan fingerprint density at radius 2 is 2.50 bits per heavy atom. The first-order chi connectivity index (χ1) is 5.61. The van der Waals surface area contributed by atoms with Crippen molar-refractivity contribution in [3.8, 4) is 0 Å². The lowest BCUT2D eigenvalue weighted by Gasteiger charge is -2.04. The molecular weight excluding hydrogens is 159 g/mol. The first-order valence-corrected chi connectivity index (χ1v) is 3.78. The fraction of sp³-hybridized carbons (Fsp3) is 0.500.